The molecule has 3 aromatic rings. The molecule has 0 saturated heterocycles. The molecule has 0 fully saturated rings. The van der Waals surface area contributed by atoms with E-state index in [4.69, 9.17) is 4.99 Å². The van der Waals surface area contributed by atoms with E-state index in [0.717, 1.165) is 56.2 Å². The number of benzene rings is 1. The molecule has 0 aliphatic heterocycles. The highest BCUT2D eigenvalue weighted by molar-refractivity contribution is 6.16. The van der Waals surface area contributed by atoms with Gasteiger partial charge in [-0.25, -0.2) is 9.98 Å². The summed E-state index contributed by atoms with van der Waals surface area (Å²) < 4.78 is 4.76. The van der Waals surface area contributed by atoms with Crippen molar-refractivity contribution in [1.82, 2.24) is 9.13 Å². The number of unbranched alkanes of at least 4 members (excludes halogenated alkanes) is 8. The first kappa shape index (κ1) is 38.5. The van der Waals surface area contributed by atoms with Gasteiger partial charge in [0.05, 0.1) is 23.3 Å². The van der Waals surface area contributed by atoms with E-state index >= 15 is 0 Å². The highest BCUT2D eigenvalue weighted by Crippen LogP contribution is 2.41. The van der Waals surface area contributed by atoms with Crippen molar-refractivity contribution in [1.29, 1.82) is 0 Å². The summed E-state index contributed by atoms with van der Waals surface area (Å²) in [6.45, 7) is 15.4. The van der Waals surface area contributed by atoms with Crippen LogP contribution in [0.2, 0.25) is 0 Å². The summed E-state index contributed by atoms with van der Waals surface area (Å²) in [6, 6.07) is 4.61. The van der Waals surface area contributed by atoms with Crippen LogP contribution in [0.4, 0.5) is 0 Å². The predicted octanol–water partition coefficient (Wildman–Crippen LogP) is 13.9. The topological polar surface area (TPSA) is 34.6 Å². The van der Waals surface area contributed by atoms with Crippen LogP contribution in [0.3, 0.4) is 0 Å². The van der Waals surface area contributed by atoms with Crippen LogP contribution >= 0.6 is 0 Å². The van der Waals surface area contributed by atoms with Gasteiger partial charge in [-0.2, -0.15) is 0 Å². The van der Waals surface area contributed by atoms with Crippen molar-refractivity contribution < 1.29 is 0 Å². The Morgan fingerprint density at radius 1 is 0.750 bits per heavy atom. The highest BCUT2D eigenvalue weighted by atomic mass is 15.2. The van der Waals surface area contributed by atoms with Gasteiger partial charge >= 0.3 is 0 Å². The Morgan fingerprint density at radius 3 is 2.23 bits per heavy atom. The Labute approximate surface area is 313 Å². The molecule has 4 heteroatoms. The molecule has 0 amide bonds. The third kappa shape index (κ3) is 9.39. The van der Waals surface area contributed by atoms with E-state index in [9.17, 15) is 0 Å². The van der Waals surface area contributed by atoms with E-state index in [0.29, 0.717) is 12.5 Å². The fraction of sp³-hybridized carbons (Fsp3) is 0.375. The summed E-state index contributed by atoms with van der Waals surface area (Å²) in [6.07, 6.45) is 49.7. The van der Waals surface area contributed by atoms with Gasteiger partial charge in [-0.1, -0.05) is 162 Å². The van der Waals surface area contributed by atoms with Crippen molar-refractivity contribution in [2.75, 3.05) is 6.54 Å². The molecular weight excluding hydrogens is 633 g/mol. The van der Waals surface area contributed by atoms with Crippen LogP contribution in [0.15, 0.2) is 107 Å². The maximum Gasteiger partial charge on any atom is 0.229 e. The molecule has 0 N–H and O–H groups in total. The van der Waals surface area contributed by atoms with Gasteiger partial charge in [0.25, 0.3) is 0 Å². The van der Waals surface area contributed by atoms with Crippen LogP contribution < -0.4 is 0 Å². The second-order valence-corrected chi connectivity index (χ2v) is 14.0. The number of hydrogen-bond acceptors (Lipinski definition) is 1. The summed E-state index contributed by atoms with van der Waals surface area (Å²) in [4.78, 5) is 9.78. The third-order valence-corrected chi connectivity index (χ3v) is 9.99. The number of allylic oxidation sites excluding steroid dienone is 13. The van der Waals surface area contributed by atoms with Crippen molar-refractivity contribution >= 4 is 58.4 Å². The fourth-order valence-corrected chi connectivity index (χ4v) is 7.35. The van der Waals surface area contributed by atoms with Gasteiger partial charge in [0.1, 0.15) is 0 Å². The van der Waals surface area contributed by atoms with Gasteiger partial charge in [0.2, 0.25) is 5.96 Å². The summed E-state index contributed by atoms with van der Waals surface area (Å²) in [5, 5.41) is 2.42. The van der Waals surface area contributed by atoms with Crippen molar-refractivity contribution in [2.24, 2.45) is 9.98 Å². The van der Waals surface area contributed by atoms with Gasteiger partial charge in [-0.15, -0.1) is 0 Å². The molecule has 4 nitrogen and oxygen atoms in total. The van der Waals surface area contributed by atoms with Gasteiger partial charge in [-0.05, 0) is 57.9 Å². The zero-order valence-electron chi connectivity index (χ0n) is 32.1. The van der Waals surface area contributed by atoms with E-state index < -0.39 is 0 Å². The second-order valence-electron chi connectivity index (χ2n) is 14.0. The molecule has 2 heterocycles. The number of aliphatic imine (C=N–C) groups is 2. The number of nitrogens with zero attached hydrogens (tertiary/aromatic N) is 4. The first-order chi connectivity index (χ1) is 25.6. The molecule has 0 bridgehead atoms. The van der Waals surface area contributed by atoms with Crippen LogP contribution in [-0.2, 0) is 6.42 Å². The van der Waals surface area contributed by atoms with Crippen molar-refractivity contribution in [3.63, 3.8) is 0 Å². The van der Waals surface area contributed by atoms with Crippen molar-refractivity contribution in [3.8, 4) is 0 Å². The van der Waals surface area contributed by atoms with Gasteiger partial charge in [-0.3, -0.25) is 4.57 Å². The van der Waals surface area contributed by atoms with Crippen molar-refractivity contribution in [3.05, 3.63) is 120 Å². The Kier molecular flexibility index (Phi) is 15.1. The number of aromatic nitrogens is 2. The van der Waals surface area contributed by atoms with Gasteiger partial charge in [0, 0.05) is 46.1 Å². The summed E-state index contributed by atoms with van der Waals surface area (Å²) in [5.41, 5.74) is 9.51. The third-order valence-electron chi connectivity index (χ3n) is 9.99. The van der Waals surface area contributed by atoms with E-state index in [-0.39, 0.29) is 0 Å². The zero-order chi connectivity index (χ0) is 36.5. The lowest BCUT2D eigenvalue weighted by atomic mass is 10.0. The minimum Gasteiger partial charge on any atom is -0.314 e. The minimum absolute atomic E-state index is 0.551. The first-order valence-electron chi connectivity index (χ1n) is 19.8. The molecule has 2 aromatic heterocycles. The molecule has 272 valence electrons. The first-order valence-corrected chi connectivity index (χ1v) is 19.8. The molecule has 1 aromatic carbocycles. The molecule has 0 atom stereocenters. The largest absolute Gasteiger partial charge is 0.314 e. The molecule has 5 rings (SSSR count). The minimum atomic E-state index is 0.551. The summed E-state index contributed by atoms with van der Waals surface area (Å²) in [5.74, 6) is 0.617. The van der Waals surface area contributed by atoms with Crippen molar-refractivity contribution in [2.45, 2.75) is 111 Å². The highest BCUT2D eigenvalue weighted by Gasteiger charge is 2.26. The Hall–Kier alpha value is -4.70. The van der Waals surface area contributed by atoms with Crippen LogP contribution in [0, 0.1) is 0 Å². The smallest absolute Gasteiger partial charge is 0.229 e. The van der Waals surface area contributed by atoms with E-state index in [1.807, 2.05) is 6.08 Å². The second kappa shape index (κ2) is 20.4. The lowest BCUT2D eigenvalue weighted by molar-refractivity contribution is 0.592. The normalized spacial score (nSPS) is 16.4. The summed E-state index contributed by atoms with van der Waals surface area (Å²) >= 11 is 0. The van der Waals surface area contributed by atoms with Crippen LogP contribution in [0.1, 0.15) is 127 Å². The average molecular weight is 693 g/mol. The molecule has 0 unspecified atom stereocenters. The van der Waals surface area contributed by atoms with E-state index in [1.54, 1.807) is 0 Å². The SMILES string of the molecule is C=C/C=C(\C/C=C\CCC)n1c2c(c3ccc4c5c(n(/C(N=C)=N/C/C(C)=C/C=C\CCCCCCCCC)c4c31)C=CCC=C5)/C=C\C/C=C\C2. The van der Waals surface area contributed by atoms with Crippen LogP contribution in [0.25, 0.3) is 45.7 Å². The maximum absolute atomic E-state index is 5.15. The fourth-order valence-electron chi connectivity index (χ4n) is 7.35. The standard InChI is InChI=1S/C48H60N4/c1-6-9-11-13-14-15-16-17-18-22-29-38(4)37-50-48(49-5)52-45-34-27-21-25-32-41(45)43-36-35-42-40-31-24-19-20-26-33-44(40)51(46(42)47(43)52)39(28-8-3)30-23-12-10-7-2/h8,12,18,20,22-29,31-32,34-36H,3,5-7,9-11,13-17,19,21,30,33,37H2,1-2,4H3/b22-18-,23-12-,26-20-,31-24-,38-29+,39-28+,50-48+. The van der Waals surface area contributed by atoms with Crippen LogP contribution in [-0.4, -0.2) is 28.4 Å². The quantitative estimate of drug-likeness (QED) is 0.0444. The Morgan fingerprint density at radius 2 is 1.46 bits per heavy atom. The number of fused-ring (bicyclic) bond motifs is 7. The van der Waals surface area contributed by atoms with E-state index in [2.05, 4.69) is 145 Å². The molecule has 52 heavy (non-hydrogen) atoms. The van der Waals surface area contributed by atoms with E-state index in [1.165, 1.54) is 89.3 Å². The molecule has 0 saturated carbocycles. The zero-order valence-corrected chi connectivity index (χ0v) is 32.1. The molecule has 2 aliphatic rings. The molecule has 0 radical (unpaired) electrons. The van der Waals surface area contributed by atoms with Crippen LogP contribution in [0.5, 0.6) is 0 Å². The Bertz CT molecular complexity index is 1970. The van der Waals surface area contributed by atoms with Gasteiger partial charge < -0.3 is 4.57 Å². The molecular formula is C48H60N4. The number of hydrogen-bond donors (Lipinski definition) is 0. The number of rotatable bonds is 17. The lowest BCUT2D eigenvalue weighted by Gasteiger charge is -2.16. The monoisotopic (exact) mass is 692 g/mol. The average Bonchev–Trinajstić information content (AvgIpc) is 3.48. The molecule has 2 aliphatic carbocycles. The molecule has 0 spiro atoms. The lowest BCUT2D eigenvalue weighted by Crippen LogP contribution is -2.13. The summed E-state index contributed by atoms with van der Waals surface area (Å²) in [7, 11) is 0. The van der Waals surface area contributed by atoms with Gasteiger partial charge in [0.15, 0.2) is 0 Å². The Balaban J connectivity index is 1.61. The predicted molar refractivity (Wildman–Crippen MR) is 233 cm³/mol. The maximum atomic E-state index is 5.15.